The van der Waals surface area contributed by atoms with Gasteiger partial charge < -0.3 is 10.2 Å². The van der Waals surface area contributed by atoms with Crippen molar-refractivity contribution in [2.45, 2.75) is 13.3 Å². The minimum atomic E-state index is -0.0306. The highest BCUT2D eigenvalue weighted by Gasteiger charge is 2.26. The fourth-order valence-electron chi connectivity index (χ4n) is 1.38. The number of carbonyl (C=O) groups is 2. The number of rotatable bonds is 2. The van der Waals surface area contributed by atoms with Crippen molar-refractivity contribution in [2.75, 3.05) is 20.1 Å². The Labute approximate surface area is 71.9 Å². The summed E-state index contributed by atoms with van der Waals surface area (Å²) < 4.78 is 0. The van der Waals surface area contributed by atoms with Gasteiger partial charge in [-0.3, -0.25) is 9.59 Å². The van der Waals surface area contributed by atoms with E-state index < -0.39 is 0 Å². The van der Waals surface area contributed by atoms with Crippen LogP contribution in [0.4, 0.5) is 0 Å². The lowest BCUT2D eigenvalue weighted by molar-refractivity contribution is -0.126. The first kappa shape index (κ1) is 9.03. The molecule has 0 spiro atoms. The molecule has 1 heterocycles. The first-order valence-electron chi connectivity index (χ1n) is 4.08. The van der Waals surface area contributed by atoms with Crippen molar-refractivity contribution < 1.29 is 9.59 Å². The number of nitrogens with zero attached hydrogens (tertiary/aromatic N) is 1. The van der Waals surface area contributed by atoms with E-state index in [1.807, 2.05) is 0 Å². The lowest BCUT2D eigenvalue weighted by Gasteiger charge is -2.09. The first-order valence-corrected chi connectivity index (χ1v) is 4.08. The van der Waals surface area contributed by atoms with Crippen LogP contribution in [0, 0.1) is 5.92 Å². The molecular formula is C8H14N2O2. The largest absolute Gasteiger partial charge is 0.356 e. The van der Waals surface area contributed by atoms with Gasteiger partial charge in [0.2, 0.25) is 11.8 Å². The molecule has 1 atom stereocenters. The van der Waals surface area contributed by atoms with Crippen LogP contribution in [0.25, 0.3) is 0 Å². The molecule has 0 bridgehead atoms. The van der Waals surface area contributed by atoms with E-state index in [1.165, 1.54) is 6.92 Å². The summed E-state index contributed by atoms with van der Waals surface area (Å²) in [6.07, 6.45) is 0.566. The summed E-state index contributed by atoms with van der Waals surface area (Å²) in [4.78, 5) is 23.3. The molecule has 1 aliphatic heterocycles. The Bertz CT molecular complexity index is 203. The van der Waals surface area contributed by atoms with Crippen molar-refractivity contribution in [3.05, 3.63) is 0 Å². The molecule has 0 aromatic heterocycles. The van der Waals surface area contributed by atoms with Crippen LogP contribution in [0.15, 0.2) is 0 Å². The number of amides is 2. The van der Waals surface area contributed by atoms with E-state index in [-0.39, 0.29) is 11.8 Å². The van der Waals surface area contributed by atoms with E-state index in [0.717, 1.165) is 6.54 Å². The van der Waals surface area contributed by atoms with Crippen molar-refractivity contribution in [3.8, 4) is 0 Å². The van der Waals surface area contributed by atoms with Gasteiger partial charge in [0.1, 0.15) is 0 Å². The van der Waals surface area contributed by atoms with E-state index in [0.29, 0.717) is 18.9 Å². The summed E-state index contributed by atoms with van der Waals surface area (Å²) >= 11 is 0. The third-order valence-electron chi connectivity index (χ3n) is 2.06. The van der Waals surface area contributed by atoms with Crippen molar-refractivity contribution in [2.24, 2.45) is 5.92 Å². The average Bonchev–Trinajstić information content (AvgIpc) is 2.28. The smallest absolute Gasteiger partial charge is 0.222 e. The molecule has 2 amide bonds. The maximum Gasteiger partial charge on any atom is 0.222 e. The highest BCUT2D eigenvalue weighted by atomic mass is 16.2. The standard InChI is InChI=1S/C8H14N2O2/c1-6(11)9-4-7-3-8(12)10(2)5-7/h7H,3-5H2,1-2H3,(H,9,11). The fourth-order valence-corrected chi connectivity index (χ4v) is 1.38. The fraction of sp³-hybridized carbons (Fsp3) is 0.750. The highest BCUT2D eigenvalue weighted by molar-refractivity contribution is 5.78. The van der Waals surface area contributed by atoms with Crippen LogP contribution < -0.4 is 5.32 Å². The molecule has 1 rings (SSSR count). The maximum absolute atomic E-state index is 11.0. The van der Waals surface area contributed by atoms with Gasteiger partial charge in [-0.25, -0.2) is 0 Å². The molecule has 1 saturated heterocycles. The van der Waals surface area contributed by atoms with Crippen LogP contribution in [-0.2, 0) is 9.59 Å². The summed E-state index contributed by atoms with van der Waals surface area (Å²) in [6, 6.07) is 0. The molecule has 1 unspecified atom stereocenters. The summed E-state index contributed by atoms with van der Waals surface area (Å²) in [5, 5.41) is 2.71. The molecular weight excluding hydrogens is 156 g/mol. The van der Waals surface area contributed by atoms with E-state index in [4.69, 9.17) is 0 Å². The summed E-state index contributed by atoms with van der Waals surface area (Å²) in [7, 11) is 1.79. The normalized spacial score (nSPS) is 23.0. The molecule has 0 aromatic carbocycles. The van der Waals surface area contributed by atoms with Crippen LogP contribution in [-0.4, -0.2) is 36.9 Å². The Morgan fingerprint density at radius 1 is 1.75 bits per heavy atom. The molecule has 1 aliphatic rings. The minimum absolute atomic E-state index is 0.0306. The zero-order chi connectivity index (χ0) is 9.14. The number of nitrogens with one attached hydrogen (secondary N) is 1. The average molecular weight is 170 g/mol. The molecule has 68 valence electrons. The van der Waals surface area contributed by atoms with Gasteiger partial charge in [0.15, 0.2) is 0 Å². The molecule has 0 radical (unpaired) electrons. The first-order chi connectivity index (χ1) is 5.59. The van der Waals surface area contributed by atoms with E-state index in [9.17, 15) is 9.59 Å². The number of hydrogen-bond donors (Lipinski definition) is 1. The summed E-state index contributed by atoms with van der Waals surface area (Å²) in [6.45, 7) is 2.87. The van der Waals surface area contributed by atoms with Crippen LogP contribution in [0.2, 0.25) is 0 Å². The van der Waals surface area contributed by atoms with Crippen LogP contribution >= 0.6 is 0 Å². The zero-order valence-corrected chi connectivity index (χ0v) is 7.46. The third-order valence-corrected chi connectivity index (χ3v) is 2.06. The Balaban J connectivity index is 2.28. The number of hydrogen-bond acceptors (Lipinski definition) is 2. The predicted molar refractivity (Wildman–Crippen MR) is 44.4 cm³/mol. The Morgan fingerprint density at radius 2 is 2.42 bits per heavy atom. The van der Waals surface area contributed by atoms with E-state index >= 15 is 0 Å². The van der Waals surface area contributed by atoms with Gasteiger partial charge in [0.25, 0.3) is 0 Å². The second-order valence-electron chi connectivity index (χ2n) is 3.28. The molecule has 12 heavy (non-hydrogen) atoms. The van der Waals surface area contributed by atoms with Gasteiger partial charge in [-0.05, 0) is 0 Å². The van der Waals surface area contributed by atoms with Gasteiger partial charge in [-0.15, -0.1) is 0 Å². The zero-order valence-electron chi connectivity index (χ0n) is 7.46. The highest BCUT2D eigenvalue weighted by Crippen LogP contribution is 2.14. The van der Waals surface area contributed by atoms with Gasteiger partial charge in [-0.1, -0.05) is 0 Å². The second kappa shape index (κ2) is 3.56. The molecule has 1 N–H and O–H groups in total. The molecule has 0 aromatic rings. The summed E-state index contributed by atoms with van der Waals surface area (Å²) in [5.74, 6) is 0.439. The number of likely N-dealkylation sites (tertiary alicyclic amines) is 1. The maximum atomic E-state index is 11.0. The topological polar surface area (TPSA) is 49.4 Å². The van der Waals surface area contributed by atoms with Gasteiger partial charge in [0, 0.05) is 39.4 Å². The molecule has 4 heteroatoms. The van der Waals surface area contributed by atoms with Crippen molar-refractivity contribution in [3.63, 3.8) is 0 Å². The van der Waals surface area contributed by atoms with Crippen molar-refractivity contribution >= 4 is 11.8 Å². The van der Waals surface area contributed by atoms with Crippen LogP contribution in [0.1, 0.15) is 13.3 Å². The van der Waals surface area contributed by atoms with Crippen LogP contribution in [0.5, 0.6) is 0 Å². The Hall–Kier alpha value is -1.06. The molecule has 0 saturated carbocycles. The van der Waals surface area contributed by atoms with Crippen molar-refractivity contribution in [1.82, 2.24) is 10.2 Å². The second-order valence-corrected chi connectivity index (χ2v) is 3.28. The van der Waals surface area contributed by atoms with Crippen LogP contribution in [0.3, 0.4) is 0 Å². The molecule has 1 fully saturated rings. The number of carbonyl (C=O) groups excluding carboxylic acids is 2. The lowest BCUT2D eigenvalue weighted by Crippen LogP contribution is -2.28. The van der Waals surface area contributed by atoms with E-state index in [1.54, 1.807) is 11.9 Å². The molecule has 0 aliphatic carbocycles. The quantitative estimate of drug-likeness (QED) is 0.613. The monoisotopic (exact) mass is 170 g/mol. The van der Waals surface area contributed by atoms with Gasteiger partial charge in [0.05, 0.1) is 0 Å². The lowest BCUT2D eigenvalue weighted by atomic mass is 10.1. The third kappa shape index (κ3) is 2.22. The van der Waals surface area contributed by atoms with E-state index in [2.05, 4.69) is 5.32 Å². The van der Waals surface area contributed by atoms with Crippen molar-refractivity contribution in [1.29, 1.82) is 0 Å². The Morgan fingerprint density at radius 3 is 2.83 bits per heavy atom. The van der Waals surface area contributed by atoms with Gasteiger partial charge >= 0.3 is 0 Å². The summed E-state index contributed by atoms with van der Waals surface area (Å²) in [5.41, 5.74) is 0. The van der Waals surface area contributed by atoms with Gasteiger partial charge in [-0.2, -0.15) is 0 Å². The minimum Gasteiger partial charge on any atom is -0.356 e. The predicted octanol–water partition coefficient (Wildman–Crippen LogP) is -0.399. The molecule has 4 nitrogen and oxygen atoms in total. The Kier molecular flexibility index (Phi) is 2.68. The SMILES string of the molecule is CC(=O)NCC1CC(=O)N(C)C1.